The van der Waals surface area contributed by atoms with Gasteiger partial charge in [0.05, 0.1) is 0 Å². The number of nitrogen functional groups attached to an aromatic ring is 1. The Labute approximate surface area is 128 Å². The Morgan fingerprint density at radius 2 is 1.95 bits per heavy atom. The first-order chi connectivity index (χ1) is 9.56. The molecule has 0 bridgehead atoms. The van der Waals surface area contributed by atoms with E-state index in [0.29, 0.717) is 11.4 Å². The number of para-hydroxylation sites is 1. The third-order valence-corrected chi connectivity index (χ3v) is 4.57. The van der Waals surface area contributed by atoms with Gasteiger partial charge >= 0.3 is 6.61 Å². The maximum absolute atomic E-state index is 12.3. The minimum atomic E-state index is -2.82. The lowest BCUT2D eigenvalue weighted by molar-refractivity contribution is -0.0503. The van der Waals surface area contributed by atoms with Gasteiger partial charge in [-0.1, -0.05) is 18.2 Å². The van der Waals surface area contributed by atoms with Crippen LogP contribution in [0.5, 0.6) is 5.75 Å². The summed E-state index contributed by atoms with van der Waals surface area (Å²) in [5.74, 6) is 0.743. The predicted octanol–water partition coefficient (Wildman–Crippen LogP) is 4.93. The smallest absolute Gasteiger partial charge is 0.387 e. The van der Waals surface area contributed by atoms with E-state index in [1.54, 1.807) is 30.3 Å². The van der Waals surface area contributed by atoms with E-state index in [2.05, 4.69) is 20.7 Å². The van der Waals surface area contributed by atoms with E-state index in [9.17, 15) is 8.78 Å². The van der Waals surface area contributed by atoms with Crippen molar-refractivity contribution >= 4 is 33.4 Å². The number of hydrogen-bond donors (Lipinski definition) is 1. The molecule has 2 aromatic rings. The molecular weight excluding hydrogens is 348 g/mol. The average molecular weight is 360 g/mol. The molecule has 0 fully saturated rings. The molecular formula is C14H12BrF2NOS. The van der Waals surface area contributed by atoms with Gasteiger partial charge in [-0.25, -0.2) is 0 Å². The van der Waals surface area contributed by atoms with Crippen LogP contribution in [0.15, 0.2) is 51.8 Å². The fraction of sp³-hybridized carbons (Fsp3) is 0.143. The summed E-state index contributed by atoms with van der Waals surface area (Å²) in [7, 11) is 0. The van der Waals surface area contributed by atoms with E-state index < -0.39 is 6.61 Å². The number of ether oxygens (including phenoxy) is 1. The van der Waals surface area contributed by atoms with Gasteiger partial charge in [-0.2, -0.15) is 8.78 Å². The van der Waals surface area contributed by atoms with Gasteiger partial charge in [0.15, 0.2) is 0 Å². The van der Waals surface area contributed by atoms with Gasteiger partial charge in [0, 0.05) is 26.4 Å². The molecule has 20 heavy (non-hydrogen) atoms. The molecule has 0 aliphatic carbocycles. The van der Waals surface area contributed by atoms with Crippen molar-refractivity contribution in [2.45, 2.75) is 17.3 Å². The lowest BCUT2D eigenvalue weighted by Gasteiger charge is -2.11. The number of halogens is 3. The Bertz CT molecular complexity index is 595. The first kappa shape index (κ1) is 15.1. The lowest BCUT2D eigenvalue weighted by atomic mass is 10.2. The third-order valence-electron chi connectivity index (χ3n) is 2.53. The van der Waals surface area contributed by atoms with Crippen molar-refractivity contribution in [2.75, 3.05) is 5.73 Å². The molecule has 0 saturated carbocycles. The van der Waals surface area contributed by atoms with Crippen molar-refractivity contribution in [2.24, 2.45) is 0 Å². The maximum Gasteiger partial charge on any atom is 0.387 e. The molecule has 2 nitrogen and oxygen atoms in total. The monoisotopic (exact) mass is 359 g/mol. The molecule has 0 heterocycles. The lowest BCUT2D eigenvalue weighted by Crippen LogP contribution is -2.03. The fourth-order valence-corrected chi connectivity index (χ4v) is 3.27. The summed E-state index contributed by atoms with van der Waals surface area (Å²) < 4.78 is 30.0. The predicted molar refractivity (Wildman–Crippen MR) is 81.2 cm³/mol. The van der Waals surface area contributed by atoms with Gasteiger partial charge in [-0.3, -0.25) is 0 Å². The van der Waals surface area contributed by atoms with Crippen LogP contribution in [-0.2, 0) is 5.75 Å². The Hall–Kier alpha value is -1.27. The number of benzene rings is 2. The third kappa shape index (κ3) is 4.11. The zero-order valence-electron chi connectivity index (χ0n) is 10.4. The van der Waals surface area contributed by atoms with Gasteiger partial charge in [-0.15, -0.1) is 11.8 Å². The van der Waals surface area contributed by atoms with Crippen molar-refractivity contribution in [3.8, 4) is 5.75 Å². The highest BCUT2D eigenvalue weighted by Crippen LogP contribution is 2.33. The van der Waals surface area contributed by atoms with Crippen LogP contribution in [0, 0.1) is 0 Å². The van der Waals surface area contributed by atoms with E-state index in [-0.39, 0.29) is 5.75 Å². The van der Waals surface area contributed by atoms with E-state index in [4.69, 9.17) is 5.73 Å². The Morgan fingerprint density at radius 1 is 1.20 bits per heavy atom. The number of hydrogen-bond acceptors (Lipinski definition) is 3. The molecule has 0 atom stereocenters. The van der Waals surface area contributed by atoms with E-state index in [0.717, 1.165) is 14.9 Å². The highest BCUT2D eigenvalue weighted by atomic mass is 79.9. The number of anilines is 1. The summed E-state index contributed by atoms with van der Waals surface area (Å²) in [4.78, 5) is 0.992. The number of thioether (sulfide) groups is 1. The topological polar surface area (TPSA) is 35.2 Å². The van der Waals surface area contributed by atoms with E-state index >= 15 is 0 Å². The summed E-state index contributed by atoms with van der Waals surface area (Å²) in [6.45, 7) is -2.82. The summed E-state index contributed by atoms with van der Waals surface area (Å²) in [5, 5.41) is 0. The molecule has 0 radical (unpaired) electrons. The van der Waals surface area contributed by atoms with Crippen LogP contribution < -0.4 is 10.5 Å². The number of rotatable bonds is 5. The fourth-order valence-electron chi connectivity index (χ4n) is 1.62. The normalized spacial score (nSPS) is 10.8. The van der Waals surface area contributed by atoms with Crippen LogP contribution in [-0.4, -0.2) is 6.61 Å². The van der Waals surface area contributed by atoms with Crippen LogP contribution >= 0.6 is 27.7 Å². The van der Waals surface area contributed by atoms with Crippen LogP contribution in [0.25, 0.3) is 0 Å². The number of nitrogens with two attached hydrogens (primary N) is 1. The molecule has 2 rings (SSSR count). The SMILES string of the molecule is Nc1ccc(SCc2ccccc2OC(F)F)c(Br)c1. The minimum absolute atomic E-state index is 0.210. The Morgan fingerprint density at radius 3 is 2.65 bits per heavy atom. The van der Waals surface area contributed by atoms with Crippen LogP contribution in [0.4, 0.5) is 14.5 Å². The van der Waals surface area contributed by atoms with Gasteiger partial charge < -0.3 is 10.5 Å². The maximum atomic E-state index is 12.3. The van der Waals surface area contributed by atoms with Crippen molar-refractivity contribution in [1.82, 2.24) is 0 Å². The zero-order valence-corrected chi connectivity index (χ0v) is 12.8. The highest BCUT2D eigenvalue weighted by molar-refractivity contribution is 9.10. The molecule has 0 unspecified atom stereocenters. The molecule has 0 aliphatic heterocycles. The second-order valence-corrected chi connectivity index (χ2v) is 5.84. The second-order valence-electron chi connectivity index (χ2n) is 3.96. The van der Waals surface area contributed by atoms with Crippen LogP contribution in [0.3, 0.4) is 0 Å². The van der Waals surface area contributed by atoms with Crippen molar-refractivity contribution in [3.63, 3.8) is 0 Å². The molecule has 0 aromatic heterocycles. The van der Waals surface area contributed by atoms with Gasteiger partial charge in [0.2, 0.25) is 0 Å². The van der Waals surface area contributed by atoms with Crippen molar-refractivity contribution in [1.29, 1.82) is 0 Å². The number of alkyl halides is 2. The molecule has 2 aromatic carbocycles. The first-order valence-electron chi connectivity index (χ1n) is 5.77. The minimum Gasteiger partial charge on any atom is -0.435 e. The molecule has 2 N–H and O–H groups in total. The summed E-state index contributed by atoms with van der Waals surface area (Å²) >= 11 is 4.95. The standard InChI is InChI=1S/C14H12BrF2NOS/c15-11-7-10(18)5-6-13(11)20-8-9-3-1-2-4-12(9)19-14(16)17/h1-7,14H,8,18H2. The highest BCUT2D eigenvalue weighted by Gasteiger charge is 2.10. The van der Waals surface area contributed by atoms with Crippen LogP contribution in [0.1, 0.15) is 5.56 Å². The molecule has 0 amide bonds. The van der Waals surface area contributed by atoms with Gasteiger partial charge in [0.1, 0.15) is 5.75 Å². The second kappa shape index (κ2) is 6.95. The molecule has 0 saturated heterocycles. The summed E-state index contributed by atoms with van der Waals surface area (Å²) in [5.41, 5.74) is 7.06. The Kier molecular flexibility index (Phi) is 5.25. The quantitative estimate of drug-likeness (QED) is 0.607. The molecule has 6 heteroatoms. The van der Waals surface area contributed by atoms with E-state index in [1.807, 2.05) is 12.1 Å². The largest absolute Gasteiger partial charge is 0.435 e. The molecule has 106 valence electrons. The van der Waals surface area contributed by atoms with E-state index in [1.165, 1.54) is 11.8 Å². The zero-order chi connectivity index (χ0) is 14.5. The van der Waals surface area contributed by atoms with Crippen molar-refractivity contribution < 1.29 is 13.5 Å². The Balaban J connectivity index is 2.10. The first-order valence-corrected chi connectivity index (χ1v) is 7.54. The molecule has 0 spiro atoms. The van der Waals surface area contributed by atoms with Gasteiger partial charge in [-0.05, 0) is 40.2 Å². The summed E-state index contributed by atoms with van der Waals surface area (Å²) in [6, 6.07) is 12.3. The summed E-state index contributed by atoms with van der Waals surface area (Å²) in [6.07, 6.45) is 0. The van der Waals surface area contributed by atoms with Gasteiger partial charge in [0.25, 0.3) is 0 Å². The van der Waals surface area contributed by atoms with Crippen molar-refractivity contribution in [3.05, 3.63) is 52.5 Å². The average Bonchev–Trinajstić information content (AvgIpc) is 2.39. The van der Waals surface area contributed by atoms with Crippen LogP contribution in [0.2, 0.25) is 0 Å². The molecule has 0 aliphatic rings.